The first-order chi connectivity index (χ1) is 5.24. The molecule has 0 amide bonds. The third-order valence-corrected chi connectivity index (χ3v) is 1.46. The number of allylic oxidation sites excluding steroid dienone is 1. The Morgan fingerprint density at radius 1 is 1.73 bits per heavy atom. The van der Waals surface area contributed by atoms with E-state index in [1.165, 1.54) is 0 Å². The van der Waals surface area contributed by atoms with Crippen molar-refractivity contribution in [3.8, 4) is 0 Å². The number of nitrogen functional groups attached to an aromatic ring is 1. The van der Waals surface area contributed by atoms with Crippen LogP contribution < -0.4 is 5.73 Å². The molecule has 0 atom stereocenters. The van der Waals surface area contributed by atoms with Crippen molar-refractivity contribution in [2.75, 3.05) is 5.73 Å². The Morgan fingerprint density at radius 3 is 2.91 bits per heavy atom. The Labute approximate surface area is 66.5 Å². The van der Waals surface area contributed by atoms with Crippen LogP contribution in [0.4, 0.5) is 5.82 Å². The van der Waals surface area contributed by atoms with Crippen LogP contribution in [-0.2, 0) is 7.05 Å². The number of nitrogens with two attached hydrogens (primary N) is 1. The molecule has 2 N–H and O–H groups in total. The molecule has 0 aliphatic rings. The third kappa shape index (κ3) is 1.83. The van der Waals surface area contributed by atoms with Crippen LogP contribution in [0.5, 0.6) is 0 Å². The van der Waals surface area contributed by atoms with Crippen molar-refractivity contribution >= 4 is 11.9 Å². The lowest BCUT2D eigenvalue weighted by molar-refractivity contribution is 0.775. The molecule has 0 unspecified atom stereocenters. The second-order valence-electron chi connectivity index (χ2n) is 2.43. The van der Waals surface area contributed by atoms with E-state index in [9.17, 15) is 0 Å². The molecule has 0 saturated carbocycles. The topological polar surface area (TPSA) is 43.8 Å². The van der Waals surface area contributed by atoms with Crippen LogP contribution in [0, 0.1) is 0 Å². The molecular weight excluding hydrogens is 138 g/mol. The molecule has 0 radical (unpaired) electrons. The van der Waals surface area contributed by atoms with E-state index in [2.05, 4.69) is 18.1 Å². The standard InChI is InChI=1S/C8H13N3/c1-3-4-5-7-6-8(9)11(2)10-7/h4-6H,3,9H2,1-2H3/b5-4+. The van der Waals surface area contributed by atoms with Gasteiger partial charge in [0.15, 0.2) is 0 Å². The summed E-state index contributed by atoms with van der Waals surface area (Å²) in [6.07, 6.45) is 5.05. The number of anilines is 1. The van der Waals surface area contributed by atoms with Crippen LogP contribution in [-0.4, -0.2) is 9.78 Å². The minimum absolute atomic E-state index is 0.695. The summed E-state index contributed by atoms with van der Waals surface area (Å²) in [6, 6.07) is 1.85. The van der Waals surface area contributed by atoms with Gasteiger partial charge >= 0.3 is 0 Å². The summed E-state index contributed by atoms with van der Waals surface area (Å²) in [5, 5.41) is 4.15. The molecular formula is C8H13N3. The zero-order valence-electron chi connectivity index (χ0n) is 6.91. The molecule has 1 rings (SSSR count). The Bertz CT molecular complexity index is 241. The number of aryl methyl sites for hydroxylation is 1. The summed E-state index contributed by atoms with van der Waals surface area (Å²) in [5.74, 6) is 0.695. The molecule has 1 aromatic heterocycles. The van der Waals surface area contributed by atoms with Gasteiger partial charge in [-0.15, -0.1) is 0 Å². The number of nitrogens with zero attached hydrogens (tertiary/aromatic N) is 2. The van der Waals surface area contributed by atoms with Crippen LogP contribution in [0.2, 0.25) is 0 Å². The second-order valence-corrected chi connectivity index (χ2v) is 2.43. The van der Waals surface area contributed by atoms with Crippen molar-refractivity contribution in [3.05, 3.63) is 17.8 Å². The minimum atomic E-state index is 0.695. The number of aromatic nitrogens is 2. The summed E-state index contributed by atoms with van der Waals surface area (Å²) in [6.45, 7) is 2.09. The van der Waals surface area contributed by atoms with Crippen molar-refractivity contribution in [3.63, 3.8) is 0 Å². The van der Waals surface area contributed by atoms with E-state index >= 15 is 0 Å². The fourth-order valence-corrected chi connectivity index (χ4v) is 0.825. The average Bonchev–Trinajstić information content (AvgIpc) is 2.28. The zero-order valence-corrected chi connectivity index (χ0v) is 6.91. The van der Waals surface area contributed by atoms with Crippen molar-refractivity contribution in [1.29, 1.82) is 0 Å². The van der Waals surface area contributed by atoms with Gasteiger partial charge in [0.05, 0.1) is 5.69 Å². The van der Waals surface area contributed by atoms with Crippen LogP contribution in [0.3, 0.4) is 0 Å². The lowest BCUT2D eigenvalue weighted by Gasteiger charge is -1.88. The predicted octanol–water partition coefficient (Wildman–Crippen LogP) is 1.43. The highest BCUT2D eigenvalue weighted by atomic mass is 15.3. The molecule has 1 aromatic rings. The summed E-state index contributed by atoms with van der Waals surface area (Å²) in [4.78, 5) is 0. The Balaban J connectivity index is 2.80. The SMILES string of the molecule is CC/C=C/c1cc(N)n(C)n1. The molecule has 1 heterocycles. The molecule has 0 aromatic carbocycles. The molecule has 0 bridgehead atoms. The first-order valence-corrected chi connectivity index (χ1v) is 3.70. The van der Waals surface area contributed by atoms with Gasteiger partial charge in [-0.1, -0.05) is 13.0 Å². The third-order valence-electron chi connectivity index (χ3n) is 1.46. The van der Waals surface area contributed by atoms with Crippen molar-refractivity contribution in [2.24, 2.45) is 7.05 Å². The number of rotatable bonds is 2. The summed E-state index contributed by atoms with van der Waals surface area (Å²) in [7, 11) is 1.83. The first kappa shape index (κ1) is 7.85. The maximum Gasteiger partial charge on any atom is 0.121 e. The number of hydrogen-bond acceptors (Lipinski definition) is 2. The van der Waals surface area contributed by atoms with Gasteiger partial charge in [-0.2, -0.15) is 5.10 Å². The average molecular weight is 151 g/mol. The predicted molar refractivity (Wildman–Crippen MR) is 46.9 cm³/mol. The zero-order chi connectivity index (χ0) is 8.27. The minimum Gasteiger partial charge on any atom is -0.384 e. The quantitative estimate of drug-likeness (QED) is 0.694. The van der Waals surface area contributed by atoms with Gasteiger partial charge in [-0.05, 0) is 12.5 Å². The lowest BCUT2D eigenvalue weighted by Crippen LogP contribution is -1.96. The van der Waals surface area contributed by atoms with Gasteiger partial charge in [0.1, 0.15) is 5.82 Å². The Morgan fingerprint density at radius 2 is 2.45 bits per heavy atom. The molecule has 0 fully saturated rings. The largest absolute Gasteiger partial charge is 0.384 e. The maximum atomic E-state index is 5.58. The van der Waals surface area contributed by atoms with Gasteiger partial charge in [-0.25, -0.2) is 0 Å². The van der Waals surface area contributed by atoms with Gasteiger partial charge in [0.2, 0.25) is 0 Å². The van der Waals surface area contributed by atoms with Crippen molar-refractivity contribution in [2.45, 2.75) is 13.3 Å². The molecule has 11 heavy (non-hydrogen) atoms. The van der Waals surface area contributed by atoms with Crippen molar-refractivity contribution < 1.29 is 0 Å². The highest BCUT2D eigenvalue weighted by Crippen LogP contribution is 2.05. The summed E-state index contributed by atoms with van der Waals surface area (Å²) < 4.78 is 1.66. The fourth-order valence-electron chi connectivity index (χ4n) is 0.825. The molecule has 0 aliphatic carbocycles. The van der Waals surface area contributed by atoms with E-state index in [4.69, 9.17) is 5.73 Å². The maximum absolute atomic E-state index is 5.58. The first-order valence-electron chi connectivity index (χ1n) is 3.70. The molecule has 0 spiro atoms. The van der Waals surface area contributed by atoms with Crippen LogP contribution >= 0.6 is 0 Å². The van der Waals surface area contributed by atoms with Gasteiger partial charge in [0.25, 0.3) is 0 Å². The van der Waals surface area contributed by atoms with E-state index < -0.39 is 0 Å². The monoisotopic (exact) mass is 151 g/mol. The second kappa shape index (κ2) is 3.23. The van der Waals surface area contributed by atoms with Crippen LogP contribution in [0.25, 0.3) is 6.08 Å². The Hall–Kier alpha value is -1.25. The Kier molecular flexibility index (Phi) is 2.31. The lowest BCUT2D eigenvalue weighted by atomic mass is 10.3. The fraction of sp³-hybridized carbons (Fsp3) is 0.375. The van der Waals surface area contributed by atoms with Gasteiger partial charge in [-0.3, -0.25) is 4.68 Å². The molecule has 3 heteroatoms. The van der Waals surface area contributed by atoms with E-state index in [-0.39, 0.29) is 0 Å². The van der Waals surface area contributed by atoms with E-state index in [1.54, 1.807) is 4.68 Å². The summed E-state index contributed by atoms with van der Waals surface area (Å²) >= 11 is 0. The highest BCUT2D eigenvalue weighted by molar-refractivity contribution is 5.49. The highest BCUT2D eigenvalue weighted by Gasteiger charge is 1.95. The molecule has 3 nitrogen and oxygen atoms in total. The van der Waals surface area contributed by atoms with Crippen molar-refractivity contribution in [1.82, 2.24) is 9.78 Å². The van der Waals surface area contributed by atoms with Gasteiger partial charge in [0, 0.05) is 13.1 Å². The normalized spacial score (nSPS) is 11.1. The molecule has 60 valence electrons. The van der Waals surface area contributed by atoms with Crippen LogP contribution in [0.15, 0.2) is 12.1 Å². The number of hydrogen-bond donors (Lipinski definition) is 1. The molecule has 0 aliphatic heterocycles. The smallest absolute Gasteiger partial charge is 0.121 e. The van der Waals surface area contributed by atoms with E-state index in [1.807, 2.05) is 19.2 Å². The van der Waals surface area contributed by atoms with E-state index in [0.29, 0.717) is 5.82 Å². The molecule has 0 saturated heterocycles. The summed E-state index contributed by atoms with van der Waals surface area (Å²) in [5.41, 5.74) is 6.50. The van der Waals surface area contributed by atoms with Gasteiger partial charge < -0.3 is 5.73 Å². The van der Waals surface area contributed by atoms with E-state index in [0.717, 1.165) is 12.1 Å². The van der Waals surface area contributed by atoms with Crippen LogP contribution in [0.1, 0.15) is 19.0 Å².